The summed E-state index contributed by atoms with van der Waals surface area (Å²) in [6, 6.07) is 10.0. The Morgan fingerprint density at radius 2 is 1.39 bits per heavy atom. The molecule has 1 spiro atoms. The molecule has 4 heterocycles. The number of likely N-dealkylation sites (tertiary alicyclic amines) is 1. The van der Waals surface area contributed by atoms with E-state index in [4.69, 9.17) is 29.7 Å². The Bertz CT molecular complexity index is 1700. The summed E-state index contributed by atoms with van der Waals surface area (Å²) in [7, 11) is 0. The number of halogens is 10. The predicted octanol–water partition coefficient (Wildman–Crippen LogP) is 3.76. The number of H-pyrrole nitrogens is 1. The number of hydrogen-bond acceptors (Lipinski definition) is 8. The maximum absolute atomic E-state index is 13.4. The minimum atomic E-state index is -5.08. The third-order valence-electron chi connectivity index (χ3n) is 7.51. The van der Waals surface area contributed by atoms with Gasteiger partial charge in [-0.15, -0.1) is 0 Å². The first kappa shape index (κ1) is 44.6. The van der Waals surface area contributed by atoms with Crippen LogP contribution in [0.2, 0.25) is 0 Å². The number of aromatic nitrogens is 2. The second-order valence-electron chi connectivity index (χ2n) is 11.2. The van der Waals surface area contributed by atoms with Gasteiger partial charge in [-0.1, -0.05) is 6.07 Å². The van der Waals surface area contributed by atoms with Crippen molar-refractivity contribution in [3.8, 4) is 0 Å². The Morgan fingerprint density at radius 1 is 0.852 bits per heavy atom. The minimum absolute atomic E-state index is 0.106. The molecule has 2 fully saturated rings. The lowest BCUT2D eigenvalue weighted by atomic mass is 9.86. The van der Waals surface area contributed by atoms with Crippen LogP contribution in [-0.4, -0.2) is 122 Å². The summed E-state index contributed by atoms with van der Waals surface area (Å²) in [5.41, 5.74) is 1.77. The van der Waals surface area contributed by atoms with Crippen molar-refractivity contribution in [1.29, 1.82) is 0 Å². The van der Waals surface area contributed by atoms with E-state index in [0.29, 0.717) is 37.4 Å². The van der Waals surface area contributed by atoms with Crippen LogP contribution in [-0.2, 0) is 25.7 Å². The number of carbonyl (C=O) groups is 5. The van der Waals surface area contributed by atoms with Gasteiger partial charge >= 0.3 is 36.4 Å². The number of pyridine rings is 1. The molecule has 0 atom stereocenters. The number of alkyl halides is 9. The van der Waals surface area contributed by atoms with Crippen molar-refractivity contribution in [2.45, 2.75) is 43.5 Å². The number of carbonyl (C=O) groups excluding carboxylic acids is 2. The van der Waals surface area contributed by atoms with Crippen LogP contribution in [0.3, 0.4) is 0 Å². The van der Waals surface area contributed by atoms with Gasteiger partial charge in [0.15, 0.2) is 0 Å². The van der Waals surface area contributed by atoms with Crippen molar-refractivity contribution in [1.82, 2.24) is 30.4 Å². The average Bonchev–Trinajstić information content (AvgIpc) is 3.62. The van der Waals surface area contributed by atoms with Gasteiger partial charge in [0.25, 0.3) is 5.91 Å². The van der Waals surface area contributed by atoms with E-state index >= 15 is 0 Å². The first-order valence-electron chi connectivity index (χ1n) is 15.0. The molecule has 0 aliphatic carbocycles. The number of carboxylic acids is 3. The number of piperidine rings is 1. The van der Waals surface area contributed by atoms with Gasteiger partial charge in [0.05, 0.1) is 6.67 Å². The molecular formula is C30H30F10N6O8. The molecule has 2 amide bonds. The molecule has 24 heteroatoms. The zero-order valence-corrected chi connectivity index (χ0v) is 27.3. The largest absolute Gasteiger partial charge is 0.490 e. The van der Waals surface area contributed by atoms with Gasteiger partial charge in [-0.05, 0) is 48.7 Å². The number of carboxylic acid groups (broad SMARTS) is 3. The van der Waals surface area contributed by atoms with Gasteiger partial charge in [-0.25, -0.2) is 18.8 Å². The van der Waals surface area contributed by atoms with Crippen LogP contribution in [0.5, 0.6) is 0 Å². The molecular weight excluding hydrogens is 762 g/mol. The molecule has 2 aliphatic heterocycles. The molecule has 6 N–H and O–H groups in total. The fraction of sp³-hybridized carbons (Fsp3) is 0.400. The summed E-state index contributed by atoms with van der Waals surface area (Å²) in [6.45, 7) is 4.04. The van der Waals surface area contributed by atoms with E-state index < -0.39 is 42.0 Å². The number of amides is 2. The second kappa shape index (κ2) is 18.5. The van der Waals surface area contributed by atoms with Crippen molar-refractivity contribution in [2.75, 3.05) is 32.8 Å². The lowest BCUT2D eigenvalue weighted by Crippen LogP contribution is -2.56. The smallest absolute Gasteiger partial charge is 0.475 e. The number of rotatable bonds is 6. The van der Waals surface area contributed by atoms with Gasteiger partial charge in [0.2, 0.25) is 5.91 Å². The maximum Gasteiger partial charge on any atom is 0.490 e. The van der Waals surface area contributed by atoms with Gasteiger partial charge in [0, 0.05) is 56.0 Å². The van der Waals surface area contributed by atoms with Gasteiger partial charge in [0.1, 0.15) is 17.1 Å². The van der Waals surface area contributed by atoms with Crippen LogP contribution in [0.15, 0.2) is 48.8 Å². The summed E-state index contributed by atoms with van der Waals surface area (Å²) >= 11 is 0. The molecule has 14 nitrogen and oxygen atoms in total. The number of aliphatic carboxylic acids is 3. The number of fused-ring (bicyclic) bond motifs is 1. The van der Waals surface area contributed by atoms with Crippen LogP contribution in [0.25, 0.3) is 10.9 Å². The topological polar surface area (TPSA) is 205 Å². The molecule has 1 aromatic carbocycles. The third-order valence-corrected chi connectivity index (χ3v) is 7.51. The van der Waals surface area contributed by atoms with Crippen LogP contribution in [0, 0.1) is 5.82 Å². The summed E-state index contributed by atoms with van der Waals surface area (Å²) in [4.78, 5) is 63.6. The molecule has 5 rings (SSSR count). The van der Waals surface area contributed by atoms with Gasteiger partial charge < -0.3 is 35.8 Å². The number of aromatic amines is 1. The standard InChI is InChI=1S/C24H27FN6O2.3C2HF3O2/c25-19-3-4-20-18(12-19)13-21(29-20)22(32)27-8-11-30-9-5-24(6-10-30)23(33)28-16-31(24)15-17-2-1-7-26-14-17;3*3-2(4,5)1(6)7/h1-4,7,12-14,29H,5-6,8-11,15-16H2,(H,27,32)(H,28,33);3*(H,6,7). The Labute approximate surface area is 296 Å². The second-order valence-corrected chi connectivity index (χ2v) is 11.2. The van der Waals surface area contributed by atoms with Crippen LogP contribution in [0.4, 0.5) is 43.9 Å². The van der Waals surface area contributed by atoms with E-state index in [0.717, 1.165) is 37.0 Å². The normalized spacial score (nSPS) is 15.8. The summed E-state index contributed by atoms with van der Waals surface area (Å²) in [5, 5.41) is 28.0. The molecule has 0 unspecified atom stereocenters. The monoisotopic (exact) mass is 792 g/mol. The SMILES string of the molecule is O=C(NCCN1CCC2(CC1)C(=O)NCN2Cc1cccnc1)c1cc2cc(F)ccc2[nH]1.O=C(O)C(F)(F)F.O=C(O)C(F)(F)F.O=C(O)C(F)(F)F. The Morgan fingerprint density at radius 3 is 1.87 bits per heavy atom. The predicted molar refractivity (Wildman–Crippen MR) is 163 cm³/mol. The quantitative estimate of drug-likeness (QED) is 0.198. The van der Waals surface area contributed by atoms with E-state index in [-0.39, 0.29) is 17.6 Å². The lowest BCUT2D eigenvalue weighted by Gasteiger charge is -2.42. The Kier molecular flexibility index (Phi) is 15.3. The molecule has 0 saturated carbocycles. The fourth-order valence-electron chi connectivity index (χ4n) is 4.88. The molecule has 54 heavy (non-hydrogen) atoms. The number of benzene rings is 1. The minimum Gasteiger partial charge on any atom is -0.475 e. The highest BCUT2D eigenvalue weighted by Crippen LogP contribution is 2.33. The van der Waals surface area contributed by atoms with E-state index in [1.165, 1.54) is 12.1 Å². The first-order valence-corrected chi connectivity index (χ1v) is 15.0. The third kappa shape index (κ3) is 13.5. The zero-order chi connectivity index (χ0) is 41.1. The van der Waals surface area contributed by atoms with Crippen LogP contribution < -0.4 is 10.6 Å². The van der Waals surface area contributed by atoms with E-state index in [2.05, 4.69) is 30.4 Å². The van der Waals surface area contributed by atoms with Crippen molar-refractivity contribution in [2.24, 2.45) is 0 Å². The van der Waals surface area contributed by atoms with Crippen molar-refractivity contribution < 1.29 is 83.2 Å². The molecule has 2 aromatic heterocycles. The van der Waals surface area contributed by atoms with Gasteiger partial charge in [-0.3, -0.25) is 19.5 Å². The van der Waals surface area contributed by atoms with E-state index in [1.807, 2.05) is 18.3 Å². The van der Waals surface area contributed by atoms with Gasteiger partial charge in [-0.2, -0.15) is 39.5 Å². The van der Waals surface area contributed by atoms with Crippen molar-refractivity contribution in [3.63, 3.8) is 0 Å². The summed E-state index contributed by atoms with van der Waals surface area (Å²) < 4.78 is 109. The highest BCUT2D eigenvalue weighted by molar-refractivity contribution is 5.98. The highest BCUT2D eigenvalue weighted by Gasteiger charge is 2.50. The van der Waals surface area contributed by atoms with Crippen LogP contribution in [0.1, 0.15) is 28.9 Å². The fourth-order valence-corrected chi connectivity index (χ4v) is 4.88. The first-order chi connectivity index (χ1) is 24.9. The lowest BCUT2D eigenvalue weighted by molar-refractivity contribution is -0.193. The van der Waals surface area contributed by atoms with E-state index in [1.54, 1.807) is 18.3 Å². The molecule has 0 bridgehead atoms. The average molecular weight is 793 g/mol. The number of nitrogens with zero attached hydrogens (tertiary/aromatic N) is 3. The summed E-state index contributed by atoms with van der Waals surface area (Å²) in [6.07, 6.45) is -10.2. The zero-order valence-electron chi connectivity index (χ0n) is 27.3. The highest BCUT2D eigenvalue weighted by atomic mass is 19.4. The molecule has 2 saturated heterocycles. The van der Waals surface area contributed by atoms with Crippen molar-refractivity contribution in [3.05, 3.63) is 65.9 Å². The van der Waals surface area contributed by atoms with Crippen molar-refractivity contribution >= 4 is 40.6 Å². The van der Waals surface area contributed by atoms with Crippen LogP contribution >= 0.6 is 0 Å². The molecule has 298 valence electrons. The summed E-state index contributed by atoms with van der Waals surface area (Å²) in [5.74, 6) is -8.70. The molecule has 0 radical (unpaired) electrons. The molecule has 3 aromatic rings. The maximum atomic E-state index is 13.4. The Balaban J connectivity index is 0.000000393. The van der Waals surface area contributed by atoms with E-state index in [9.17, 15) is 53.5 Å². The number of hydrogen-bond donors (Lipinski definition) is 6. The Hall–Kier alpha value is -5.52. The molecule has 2 aliphatic rings. The number of nitrogens with one attached hydrogen (secondary N) is 3.